The number of carbonyl (C=O) groups is 3. The Morgan fingerprint density at radius 1 is 1.08 bits per heavy atom. The number of nitrogens with two attached hydrogens (primary N) is 1. The highest BCUT2D eigenvalue weighted by atomic mass is 79.9. The van der Waals surface area contributed by atoms with Crippen LogP contribution in [0.1, 0.15) is 17.3 Å². The van der Waals surface area contributed by atoms with Crippen LogP contribution in [0.25, 0.3) is 0 Å². The van der Waals surface area contributed by atoms with Crippen molar-refractivity contribution < 1.29 is 19.1 Å². The standard InChI is InChI=1S/C17H16BrN3O4/c1-10(22)20-12-3-2-4-13(8-12)21-16(23)9-25-17(24)14-7-11(18)5-6-15(14)19/h2-8H,9,19H2,1H3,(H,20,22)(H,21,23). The molecule has 4 N–H and O–H groups in total. The summed E-state index contributed by atoms with van der Waals surface area (Å²) in [6.07, 6.45) is 0. The van der Waals surface area contributed by atoms with E-state index in [4.69, 9.17) is 10.5 Å². The van der Waals surface area contributed by atoms with E-state index >= 15 is 0 Å². The molecule has 0 aliphatic rings. The Balaban J connectivity index is 1.93. The molecule has 7 nitrogen and oxygen atoms in total. The molecule has 0 bridgehead atoms. The molecule has 0 aromatic heterocycles. The van der Waals surface area contributed by atoms with Crippen LogP contribution in [0.15, 0.2) is 46.9 Å². The Kier molecular flexibility index (Phi) is 6.13. The van der Waals surface area contributed by atoms with Gasteiger partial charge in [-0.25, -0.2) is 4.79 Å². The molecule has 0 aliphatic heterocycles. The van der Waals surface area contributed by atoms with Crippen molar-refractivity contribution in [3.05, 3.63) is 52.5 Å². The van der Waals surface area contributed by atoms with E-state index in [0.29, 0.717) is 15.8 Å². The quantitative estimate of drug-likeness (QED) is 0.523. The van der Waals surface area contributed by atoms with Gasteiger partial charge >= 0.3 is 5.97 Å². The van der Waals surface area contributed by atoms with Gasteiger partial charge in [-0.1, -0.05) is 22.0 Å². The van der Waals surface area contributed by atoms with Crippen molar-refractivity contribution in [1.29, 1.82) is 0 Å². The van der Waals surface area contributed by atoms with E-state index in [0.717, 1.165) is 0 Å². The molecule has 0 saturated carbocycles. The van der Waals surface area contributed by atoms with Crippen LogP contribution in [-0.4, -0.2) is 24.4 Å². The number of nitrogen functional groups attached to an aromatic ring is 1. The zero-order valence-electron chi connectivity index (χ0n) is 13.3. The summed E-state index contributed by atoms with van der Waals surface area (Å²) in [6, 6.07) is 11.4. The van der Waals surface area contributed by atoms with Gasteiger partial charge in [-0.2, -0.15) is 0 Å². The van der Waals surface area contributed by atoms with Crippen molar-refractivity contribution in [2.45, 2.75) is 6.92 Å². The number of halogens is 1. The second-order valence-electron chi connectivity index (χ2n) is 5.12. The van der Waals surface area contributed by atoms with Crippen LogP contribution in [0.3, 0.4) is 0 Å². The smallest absolute Gasteiger partial charge is 0.340 e. The lowest BCUT2D eigenvalue weighted by Gasteiger charge is -2.09. The molecule has 0 aliphatic carbocycles. The molecule has 25 heavy (non-hydrogen) atoms. The molecule has 0 unspecified atom stereocenters. The molecule has 130 valence electrons. The van der Waals surface area contributed by atoms with Gasteiger partial charge in [0.25, 0.3) is 5.91 Å². The third kappa shape index (κ3) is 5.61. The highest BCUT2D eigenvalue weighted by Crippen LogP contribution is 2.19. The first-order valence-corrected chi connectivity index (χ1v) is 8.04. The van der Waals surface area contributed by atoms with E-state index in [-0.39, 0.29) is 17.2 Å². The Labute approximate surface area is 152 Å². The second kappa shape index (κ2) is 8.29. The molecule has 2 aromatic carbocycles. The van der Waals surface area contributed by atoms with Crippen molar-refractivity contribution in [2.75, 3.05) is 23.0 Å². The Morgan fingerprint density at radius 3 is 2.44 bits per heavy atom. The molecular formula is C17H16BrN3O4. The van der Waals surface area contributed by atoms with Crippen LogP contribution in [0.5, 0.6) is 0 Å². The fourth-order valence-corrected chi connectivity index (χ4v) is 2.35. The minimum atomic E-state index is -0.694. The van der Waals surface area contributed by atoms with Gasteiger partial charge in [-0.05, 0) is 36.4 Å². The number of anilines is 3. The van der Waals surface area contributed by atoms with Crippen LogP contribution in [0.2, 0.25) is 0 Å². The van der Waals surface area contributed by atoms with Crippen molar-refractivity contribution in [3.8, 4) is 0 Å². The summed E-state index contributed by atoms with van der Waals surface area (Å²) >= 11 is 3.24. The second-order valence-corrected chi connectivity index (χ2v) is 6.03. The number of rotatable bonds is 5. The average molecular weight is 406 g/mol. The summed E-state index contributed by atoms with van der Waals surface area (Å²) in [6.45, 7) is 0.924. The summed E-state index contributed by atoms with van der Waals surface area (Å²) < 4.78 is 5.65. The van der Waals surface area contributed by atoms with Gasteiger partial charge in [-0.3, -0.25) is 9.59 Å². The molecule has 0 atom stereocenters. The van der Waals surface area contributed by atoms with Gasteiger partial charge in [0.1, 0.15) is 0 Å². The monoisotopic (exact) mass is 405 g/mol. The first-order valence-electron chi connectivity index (χ1n) is 7.25. The third-order valence-electron chi connectivity index (χ3n) is 3.04. The summed E-state index contributed by atoms with van der Waals surface area (Å²) in [5.41, 5.74) is 7.17. The van der Waals surface area contributed by atoms with Gasteiger partial charge < -0.3 is 21.1 Å². The van der Waals surface area contributed by atoms with Crippen LogP contribution in [0, 0.1) is 0 Å². The average Bonchev–Trinajstić information content (AvgIpc) is 2.54. The van der Waals surface area contributed by atoms with Gasteiger partial charge in [0.2, 0.25) is 5.91 Å². The lowest BCUT2D eigenvalue weighted by molar-refractivity contribution is -0.119. The fraction of sp³-hybridized carbons (Fsp3) is 0.118. The lowest BCUT2D eigenvalue weighted by atomic mass is 10.2. The van der Waals surface area contributed by atoms with Gasteiger partial charge in [0.15, 0.2) is 6.61 Å². The molecule has 0 radical (unpaired) electrons. The number of nitrogens with one attached hydrogen (secondary N) is 2. The molecule has 2 rings (SSSR count). The maximum absolute atomic E-state index is 12.0. The molecule has 0 heterocycles. The van der Waals surface area contributed by atoms with Crippen molar-refractivity contribution >= 4 is 50.8 Å². The minimum absolute atomic E-state index is 0.176. The molecule has 2 amide bonds. The van der Waals surface area contributed by atoms with Crippen molar-refractivity contribution in [2.24, 2.45) is 0 Å². The highest BCUT2D eigenvalue weighted by Gasteiger charge is 2.14. The molecule has 2 aromatic rings. The Morgan fingerprint density at radius 2 is 1.76 bits per heavy atom. The van der Waals surface area contributed by atoms with Gasteiger partial charge in [0, 0.05) is 28.5 Å². The van der Waals surface area contributed by atoms with E-state index in [9.17, 15) is 14.4 Å². The van der Waals surface area contributed by atoms with Crippen LogP contribution in [-0.2, 0) is 14.3 Å². The highest BCUT2D eigenvalue weighted by molar-refractivity contribution is 9.10. The van der Waals surface area contributed by atoms with Crippen LogP contribution in [0.4, 0.5) is 17.1 Å². The largest absolute Gasteiger partial charge is 0.452 e. The van der Waals surface area contributed by atoms with Crippen molar-refractivity contribution in [1.82, 2.24) is 0 Å². The molecule has 0 spiro atoms. The minimum Gasteiger partial charge on any atom is -0.452 e. The topological polar surface area (TPSA) is 111 Å². The maximum atomic E-state index is 12.0. The number of ether oxygens (including phenoxy) is 1. The van der Waals surface area contributed by atoms with E-state index in [1.165, 1.54) is 13.0 Å². The first-order chi connectivity index (χ1) is 11.8. The molecule has 0 fully saturated rings. The van der Waals surface area contributed by atoms with E-state index in [2.05, 4.69) is 26.6 Å². The van der Waals surface area contributed by atoms with E-state index in [1.807, 2.05) is 0 Å². The van der Waals surface area contributed by atoms with Crippen LogP contribution >= 0.6 is 15.9 Å². The molecule has 8 heteroatoms. The zero-order valence-corrected chi connectivity index (χ0v) is 14.9. The summed E-state index contributed by atoms with van der Waals surface area (Å²) in [4.78, 5) is 35.0. The van der Waals surface area contributed by atoms with Gasteiger partial charge in [0.05, 0.1) is 5.56 Å². The predicted molar refractivity (Wildman–Crippen MR) is 98.2 cm³/mol. The number of esters is 1. The number of hydrogen-bond donors (Lipinski definition) is 3. The molecular weight excluding hydrogens is 390 g/mol. The number of carbonyl (C=O) groups excluding carboxylic acids is 3. The zero-order chi connectivity index (χ0) is 18.4. The van der Waals surface area contributed by atoms with Crippen LogP contribution < -0.4 is 16.4 Å². The summed E-state index contributed by atoms with van der Waals surface area (Å²) in [5.74, 6) is -1.42. The van der Waals surface area contributed by atoms with Gasteiger partial charge in [-0.15, -0.1) is 0 Å². The predicted octanol–water partition coefficient (Wildman–Crippen LogP) is 2.79. The lowest BCUT2D eigenvalue weighted by Crippen LogP contribution is -2.21. The van der Waals surface area contributed by atoms with E-state index in [1.54, 1.807) is 36.4 Å². The number of hydrogen-bond acceptors (Lipinski definition) is 5. The fourth-order valence-electron chi connectivity index (χ4n) is 1.99. The summed E-state index contributed by atoms with van der Waals surface area (Å²) in [5, 5.41) is 5.19. The Hall–Kier alpha value is -2.87. The van der Waals surface area contributed by atoms with E-state index < -0.39 is 18.5 Å². The third-order valence-corrected chi connectivity index (χ3v) is 3.53. The normalized spacial score (nSPS) is 10.0. The number of amides is 2. The SMILES string of the molecule is CC(=O)Nc1cccc(NC(=O)COC(=O)c2cc(Br)ccc2N)c1. The summed E-state index contributed by atoms with van der Waals surface area (Å²) in [7, 11) is 0. The maximum Gasteiger partial charge on any atom is 0.340 e. The Bertz CT molecular complexity index is 823. The molecule has 0 saturated heterocycles. The van der Waals surface area contributed by atoms with Crippen molar-refractivity contribution in [3.63, 3.8) is 0 Å². The first kappa shape index (κ1) is 18.5. The number of benzene rings is 2.